The normalized spacial score (nSPS) is 17.4. The van der Waals surface area contributed by atoms with Gasteiger partial charge in [0.1, 0.15) is 0 Å². The van der Waals surface area contributed by atoms with Gasteiger partial charge in [-0.1, -0.05) is 36.4 Å². The summed E-state index contributed by atoms with van der Waals surface area (Å²) in [6, 6.07) is 14.9. The highest BCUT2D eigenvalue weighted by molar-refractivity contribution is 5.97. The molecule has 0 saturated carbocycles. The third kappa shape index (κ3) is 4.06. The number of carboxylic acid groups (broad SMARTS) is 1. The van der Waals surface area contributed by atoms with Crippen LogP contribution in [0.4, 0.5) is 5.69 Å². The van der Waals surface area contributed by atoms with E-state index in [1.807, 2.05) is 18.2 Å². The molecule has 1 amide bonds. The van der Waals surface area contributed by atoms with Crippen LogP contribution in [0.25, 0.3) is 0 Å². The molecule has 0 aliphatic carbocycles. The first-order valence-corrected chi connectivity index (χ1v) is 8.47. The zero-order chi connectivity index (χ0) is 17.8. The van der Waals surface area contributed by atoms with Gasteiger partial charge < -0.3 is 10.4 Å². The number of likely N-dealkylation sites (tertiary alicyclic amines) is 1. The topological polar surface area (TPSA) is 69.6 Å². The number of amides is 1. The van der Waals surface area contributed by atoms with Crippen LogP contribution in [0.5, 0.6) is 0 Å². The Morgan fingerprint density at radius 2 is 1.96 bits per heavy atom. The van der Waals surface area contributed by atoms with Gasteiger partial charge in [0.25, 0.3) is 0 Å². The van der Waals surface area contributed by atoms with E-state index in [0.29, 0.717) is 11.3 Å². The molecule has 2 N–H and O–H groups in total. The predicted octanol–water partition coefficient (Wildman–Crippen LogP) is 3.30. The maximum Gasteiger partial charge on any atom is 0.336 e. The molecule has 1 atom stereocenters. The lowest BCUT2D eigenvalue weighted by Gasteiger charge is -2.23. The second-order valence-corrected chi connectivity index (χ2v) is 6.44. The van der Waals surface area contributed by atoms with Crippen molar-refractivity contribution in [3.8, 4) is 0 Å². The van der Waals surface area contributed by atoms with Gasteiger partial charge in [-0.25, -0.2) is 4.79 Å². The van der Waals surface area contributed by atoms with Gasteiger partial charge in [-0.05, 0) is 49.6 Å². The number of hydrogen-bond acceptors (Lipinski definition) is 3. The summed E-state index contributed by atoms with van der Waals surface area (Å²) in [6.45, 7) is 3.38. The standard InChI is InChI=1S/C20H22N2O3/c1-14-9-10-16(12-17(14)20(24)25)21-19(23)18-8-5-11-22(18)13-15-6-3-2-4-7-15/h2-4,6-7,9-10,12,18H,5,8,11,13H2,1H3,(H,21,23)(H,24,25). The number of aromatic carboxylic acids is 1. The van der Waals surface area contributed by atoms with Crippen molar-refractivity contribution < 1.29 is 14.7 Å². The Hall–Kier alpha value is -2.66. The molecule has 1 aliphatic rings. The molecule has 0 bridgehead atoms. The third-order valence-corrected chi connectivity index (χ3v) is 4.63. The van der Waals surface area contributed by atoms with Crippen molar-refractivity contribution in [1.82, 2.24) is 4.90 Å². The van der Waals surface area contributed by atoms with Gasteiger partial charge in [-0.15, -0.1) is 0 Å². The van der Waals surface area contributed by atoms with Crippen LogP contribution in [-0.4, -0.2) is 34.5 Å². The molecular weight excluding hydrogens is 316 g/mol. The summed E-state index contributed by atoms with van der Waals surface area (Å²) >= 11 is 0. The lowest BCUT2D eigenvalue weighted by atomic mass is 10.1. The van der Waals surface area contributed by atoms with Gasteiger partial charge in [0.15, 0.2) is 0 Å². The van der Waals surface area contributed by atoms with Gasteiger partial charge in [0, 0.05) is 12.2 Å². The van der Waals surface area contributed by atoms with E-state index in [9.17, 15) is 14.7 Å². The van der Waals surface area contributed by atoms with Gasteiger partial charge in [-0.3, -0.25) is 9.69 Å². The van der Waals surface area contributed by atoms with Crippen LogP contribution in [0.3, 0.4) is 0 Å². The zero-order valence-electron chi connectivity index (χ0n) is 14.2. The van der Waals surface area contributed by atoms with Crippen LogP contribution >= 0.6 is 0 Å². The lowest BCUT2D eigenvalue weighted by Crippen LogP contribution is -2.39. The van der Waals surface area contributed by atoms with E-state index in [4.69, 9.17) is 0 Å². The number of carbonyl (C=O) groups is 2. The molecule has 5 nitrogen and oxygen atoms in total. The second-order valence-electron chi connectivity index (χ2n) is 6.44. The molecule has 0 radical (unpaired) electrons. The maximum atomic E-state index is 12.7. The molecule has 1 heterocycles. The van der Waals surface area contributed by atoms with Crippen molar-refractivity contribution in [2.75, 3.05) is 11.9 Å². The van der Waals surface area contributed by atoms with E-state index in [0.717, 1.165) is 25.9 Å². The van der Waals surface area contributed by atoms with E-state index in [-0.39, 0.29) is 17.5 Å². The number of nitrogens with one attached hydrogen (secondary N) is 1. The first kappa shape index (κ1) is 17.2. The predicted molar refractivity (Wildman–Crippen MR) is 96.6 cm³/mol. The van der Waals surface area contributed by atoms with Gasteiger partial charge in [0.2, 0.25) is 5.91 Å². The number of carbonyl (C=O) groups excluding carboxylic acids is 1. The summed E-state index contributed by atoms with van der Waals surface area (Å²) < 4.78 is 0. The van der Waals surface area contributed by atoms with Crippen molar-refractivity contribution in [2.24, 2.45) is 0 Å². The zero-order valence-corrected chi connectivity index (χ0v) is 14.2. The molecule has 25 heavy (non-hydrogen) atoms. The van der Waals surface area contributed by atoms with Crippen molar-refractivity contribution in [1.29, 1.82) is 0 Å². The minimum Gasteiger partial charge on any atom is -0.478 e. The number of rotatable bonds is 5. The largest absolute Gasteiger partial charge is 0.478 e. The molecule has 3 rings (SSSR count). The summed E-state index contributed by atoms with van der Waals surface area (Å²) in [7, 11) is 0. The van der Waals surface area contributed by atoms with Crippen molar-refractivity contribution in [3.05, 3.63) is 65.2 Å². The highest BCUT2D eigenvalue weighted by Crippen LogP contribution is 2.22. The van der Waals surface area contributed by atoms with E-state index in [2.05, 4.69) is 22.3 Å². The summed E-state index contributed by atoms with van der Waals surface area (Å²) in [4.78, 5) is 26.1. The SMILES string of the molecule is Cc1ccc(NC(=O)C2CCCN2Cc2ccccc2)cc1C(=O)O. The molecule has 1 saturated heterocycles. The van der Waals surface area contributed by atoms with E-state index < -0.39 is 5.97 Å². The number of nitrogens with zero attached hydrogens (tertiary/aromatic N) is 1. The van der Waals surface area contributed by atoms with Gasteiger partial charge in [-0.2, -0.15) is 0 Å². The van der Waals surface area contributed by atoms with Crippen LogP contribution in [0, 0.1) is 6.92 Å². The van der Waals surface area contributed by atoms with Gasteiger partial charge in [0.05, 0.1) is 11.6 Å². The fraction of sp³-hybridized carbons (Fsp3) is 0.300. The van der Waals surface area contributed by atoms with Gasteiger partial charge >= 0.3 is 5.97 Å². The fourth-order valence-electron chi connectivity index (χ4n) is 3.29. The molecule has 2 aromatic rings. The number of anilines is 1. The van der Waals surface area contributed by atoms with Crippen molar-refractivity contribution in [2.45, 2.75) is 32.4 Å². The Kier molecular flexibility index (Phi) is 5.14. The molecule has 2 aromatic carbocycles. The van der Waals surface area contributed by atoms with Crippen molar-refractivity contribution in [3.63, 3.8) is 0 Å². The Morgan fingerprint density at radius 3 is 2.68 bits per heavy atom. The molecule has 5 heteroatoms. The van der Waals surface area contributed by atoms with Crippen LogP contribution in [0.15, 0.2) is 48.5 Å². The Balaban J connectivity index is 1.70. The Morgan fingerprint density at radius 1 is 1.20 bits per heavy atom. The van der Waals surface area contributed by atoms with E-state index in [1.165, 1.54) is 11.6 Å². The second kappa shape index (κ2) is 7.49. The monoisotopic (exact) mass is 338 g/mol. The summed E-state index contributed by atoms with van der Waals surface area (Å²) in [5.41, 5.74) is 2.60. The number of hydrogen-bond donors (Lipinski definition) is 2. The number of benzene rings is 2. The highest BCUT2D eigenvalue weighted by Gasteiger charge is 2.30. The Labute approximate surface area is 147 Å². The first-order valence-electron chi connectivity index (χ1n) is 8.47. The highest BCUT2D eigenvalue weighted by atomic mass is 16.4. The first-order chi connectivity index (χ1) is 12.0. The van der Waals surface area contributed by atoms with E-state index in [1.54, 1.807) is 19.1 Å². The van der Waals surface area contributed by atoms with Crippen LogP contribution in [0.2, 0.25) is 0 Å². The number of carboxylic acids is 1. The maximum absolute atomic E-state index is 12.7. The van der Waals surface area contributed by atoms with Crippen LogP contribution in [-0.2, 0) is 11.3 Å². The van der Waals surface area contributed by atoms with E-state index >= 15 is 0 Å². The average Bonchev–Trinajstić information content (AvgIpc) is 3.05. The minimum absolute atomic E-state index is 0.0753. The molecule has 0 aromatic heterocycles. The van der Waals surface area contributed by atoms with Crippen LogP contribution in [0.1, 0.15) is 34.3 Å². The molecule has 1 unspecified atom stereocenters. The molecule has 1 fully saturated rings. The third-order valence-electron chi connectivity index (χ3n) is 4.63. The number of aryl methyl sites for hydroxylation is 1. The quantitative estimate of drug-likeness (QED) is 0.878. The lowest BCUT2D eigenvalue weighted by molar-refractivity contribution is -0.120. The molecule has 130 valence electrons. The average molecular weight is 338 g/mol. The molecular formula is C20H22N2O3. The summed E-state index contributed by atoms with van der Waals surface area (Å²) in [5.74, 6) is -1.06. The smallest absolute Gasteiger partial charge is 0.336 e. The fourth-order valence-corrected chi connectivity index (χ4v) is 3.29. The minimum atomic E-state index is -0.986. The summed E-state index contributed by atoms with van der Waals surface area (Å²) in [6.07, 6.45) is 1.80. The van der Waals surface area contributed by atoms with Crippen LogP contribution < -0.4 is 5.32 Å². The molecule has 1 aliphatic heterocycles. The molecule has 0 spiro atoms. The Bertz CT molecular complexity index is 774. The van der Waals surface area contributed by atoms with Crippen molar-refractivity contribution >= 4 is 17.6 Å². The summed E-state index contributed by atoms with van der Waals surface area (Å²) in [5, 5.41) is 12.1.